The molecular formula is C25H31N6O10P. The number of nitrogens with one attached hydrogen (secondary N) is 2. The molecule has 17 heteroatoms. The molecule has 2 saturated heterocycles. The van der Waals surface area contributed by atoms with Crippen LogP contribution in [0.25, 0.3) is 10.4 Å². The van der Waals surface area contributed by atoms with Crippen molar-refractivity contribution in [3.05, 3.63) is 73.9 Å². The fraction of sp³-hybridized carbons (Fsp3) is 0.560. The fourth-order valence-corrected chi connectivity index (χ4v) is 6.79. The Morgan fingerprint density at radius 2 is 1.98 bits per heavy atom. The number of hydrogen-bond acceptors (Lipinski definition) is 11. The standard InChI is InChI=1S/C25H31N6O10P/c1-3-36-22(33)16(2)28-42(35,41-17-9-5-4-6-10-17)37-15-25(29-30-26)20-19(38-24(39-20)12-7-8-13-24)21(40-25)31-14-11-18(32)27-23(31)34/h4-6,9-11,14,16,19-21H,3,7-8,12-13,15H2,1-2H3,(H,28,35)(H,27,32,34)/t16-,19+,20-,21+,25+,42?/m0/s1. The van der Waals surface area contributed by atoms with Crippen LogP contribution in [0.15, 0.2) is 57.3 Å². The molecule has 16 nitrogen and oxygen atoms in total. The van der Waals surface area contributed by atoms with Gasteiger partial charge in [-0.25, -0.2) is 9.36 Å². The largest absolute Gasteiger partial charge is 0.465 e. The summed E-state index contributed by atoms with van der Waals surface area (Å²) in [5.74, 6) is -1.55. The van der Waals surface area contributed by atoms with Crippen LogP contribution >= 0.6 is 7.75 Å². The molecule has 2 aromatic rings. The zero-order valence-corrected chi connectivity index (χ0v) is 23.8. The molecule has 42 heavy (non-hydrogen) atoms. The van der Waals surface area contributed by atoms with E-state index in [0.717, 1.165) is 23.5 Å². The lowest BCUT2D eigenvalue weighted by Gasteiger charge is -2.33. The molecular weight excluding hydrogens is 575 g/mol. The number of carbonyl (C=O) groups is 1. The maximum Gasteiger partial charge on any atom is 0.459 e. The number of aromatic nitrogens is 2. The maximum absolute atomic E-state index is 14.1. The summed E-state index contributed by atoms with van der Waals surface area (Å²) >= 11 is 0. The minimum absolute atomic E-state index is 0.0943. The van der Waals surface area contributed by atoms with Crippen molar-refractivity contribution in [3.8, 4) is 5.75 Å². The monoisotopic (exact) mass is 606 g/mol. The van der Waals surface area contributed by atoms with Crippen LogP contribution in [0.4, 0.5) is 0 Å². The molecule has 226 valence electrons. The second-order valence-electron chi connectivity index (χ2n) is 10.1. The fourth-order valence-electron chi connectivity index (χ4n) is 5.27. The SMILES string of the molecule is CCOC(=O)[C@H](C)NP(=O)(OC[C@@]1(N=[N+]=[N-])O[C@@H](n2ccc(=O)[nH]c2=O)[C@@H]2OC3(CCCC3)O[C@@H]21)Oc1ccccc1. The van der Waals surface area contributed by atoms with Gasteiger partial charge in [0.15, 0.2) is 12.0 Å². The van der Waals surface area contributed by atoms with E-state index >= 15 is 0 Å². The van der Waals surface area contributed by atoms with E-state index in [2.05, 4.69) is 20.1 Å². The van der Waals surface area contributed by atoms with Gasteiger partial charge in [0.25, 0.3) is 5.56 Å². The second-order valence-corrected chi connectivity index (χ2v) is 11.8. The highest BCUT2D eigenvalue weighted by Crippen LogP contribution is 2.55. The molecule has 1 aliphatic carbocycles. The summed E-state index contributed by atoms with van der Waals surface area (Å²) in [4.78, 5) is 41.9. The van der Waals surface area contributed by atoms with E-state index in [4.69, 9.17) is 28.0 Å². The molecule has 2 N–H and O–H groups in total. The van der Waals surface area contributed by atoms with E-state index in [0.29, 0.717) is 12.8 Å². The van der Waals surface area contributed by atoms with Gasteiger partial charge >= 0.3 is 19.4 Å². The van der Waals surface area contributed by atoms with Gasteiger partial charge in [-0.1, -0.05) is 23.3 Å². The van der Waals surface area contributed by atoms with Gasteiger partial charge in [-0.15, -0.1) is 0 Å². The summed E-state index contributed by atoms with van der Waals surface area (Å²) < 4.78 is 50.5. The van der Waals surface area contributed by atoms with Crippen molar-refractivity contribution in [2.24, 2.45) is 5.11 Å². The van der Waals surface area contributed by atoms with Crippen molar-refractivity contribution in [3.63, 3.8) is 0 Å². The van der Waals surface area contributed by atoms with Gasteiger partial charge < -0.3 is 23.5 Å². The number of benzene rings is 1. The lowest BCUT2D eigenvalue weighted by molar-refractivity contribution is -0.237. The van der Waals surface area contributed by atoms with Gasteiger partial charge in [0.2, 0.25) is 5.72 Å². The lowest BCUT2D eigenvalue weighted by atomic mass is 10.1. The average Bonchev–Trinajstić information content (AvgIpc) is 3.65. The molecule has 3 fully saturated rings. The molecule has 0 amide bonds. The number of fused-ring (bicyclic) bond motifs is 1. The Labute approximate surface area is 239 Å². The first-order valence-corrected chi connectivity index (χ1v) is 15.0. The highest BCUT2D eigenvalue weighted by molar-refractivity contribution is 7.52. The molecule has 3 heterocycles. The van der Waals surface area contributed by atoms with Gasteiger partial charge in [-0.05, 0) is 44.4 Å². The average molecular weight is 607 g/mol. The van der Waals surface area contributed by atoms with E-state index in [1.165, 1.54) is 25.3 Å². The first-order chi connectivity index (χ1) is 20.1. The molecule has 1 saturated carbocycles. The predicted octanol–water partition coefficient (Wildman–Crippen LogP) is 2.87. The molecule has 6 atom stereocenters. The van der Waals surface area contributed by atoms with Crippen LogP contribution in [0, 0.1) is 0 Å². The van der Waals surface area contributed by atoms with Crippen molar-refractivity contribution in [1.29, 1.82) is 0 Å². The van der Waals surface area contributed by atoms with Crippen LogP contribution in [-0.2, 0) is 32.8 Å². The number of rotatable bonds is 11. The minimum atomic E-state index is -4.40. The van der Waals surface area contributed by atoms with Crippen LogP contribution < -0.4 is 20.9 Å². The van der Waals surface area contributed by atoms with E-state index in [1.54, 1.807) is 25.1 Å². The highest BCUT2D eigenvalue weighted by Gasteiger charge is 2.66. The van der Waals surface area contributed by atoms with Crippen molar-refractivity contribution >= 4 is 13.7 Å². The van der Waals surface area contributed by atoms with Crippen LogP contribution in [0.2, 0.25) is 0 Å². The predicted molar refractivity (Wildman–Crippen MR) is 144 cm³/mol. The summed E-state index contributed by atoms with van der Waals surface area (Å²) in [6.07, 6.45) is 0.682. The van der Waals surface area contributed by atoms with Crippen molar-refractivity contribution < 1.29 is 37.4 Å². The molecule has 1 aromatic carbocycles. The lowest BCUT2D eigenvalue weighted by Crippen LogP contribution is -2.46. The number of nitrogens with zero attached hydrogens (tertiary/aromatic N) is 4. The van der Waals surface area contributed by atoms with Crippen LogP contribution in [0.5, 0.6) is 5.75 Å². The quantitative estimate of drug-likeness (QED) is 0.125. The molecule has 0 radical (unpaired) electrons. The number of ether oxygens (including phenoxy) is 4. The first-order valence-electron chi connectivity index (χ1n) is 13.5. The number of carbonyl (C=O) groups excluding carboxylic acids is 1. The van der Waals surface area contributed by atoms with E-state index in [-0.39, 0.29) is 12.4 Å². The summed E-state index contributed by atoms with van der Waals surface area (Å²) in [7, 11) is -4.40. The second kappa shape index (κ2) is 12.0. The Morgan fingerprint density at radius 1 is 1.24 bits per heavy atom. The highest BCUT2D eigenvalue weighted by atomic mass is 31.2. The number of aromatic amines is 1. The maximum atomic E-state index is 14.1. The Kier molecular flexibility index (Phi) is 8.58. The Balaban J connectivity index is 1.49. The van der Waals surface area contributed by atoms with Gasteiger partial charge in [-0.3, -0.25) is 23.7 Å². The van der Waals surface area contributed by atoms with Crippen molar-refractivity contribution in [1.82, 2.24) is 14.6 Å². The topological polar surface area (TPSA) is 205 Å². The van der Waals surface area contributed by atoms with Crippen molar-refractivity contribution in [2.75, 3.05) is 13.2 Å². The molecule has 0 bridgehead atoms. The van der Waals surface area contributed by atoms with E-state index in [1.807, 2.05) is 0 Å². The molecule has 1 spiro atoms. The van der Waals surface area contributed by atoms with Crippen LogP contribution in [0.1, 0.15) is 45.8 Å². The summed E-state index contributed by atoms with van der Waals surface area (Å²) in [6, 6.07) is 8.12. The van der Waals surface area contributed by atoms with Crippen LogP contribution in [-0.4, -0.2) is 58.5 Å². The Morgan fingerprint density at radius 3 is 2.64 bits per heavy atom. The first kappa shape index (κ1) is 30.0. The summed E-state index contributed by atoms with van der Waals surface area (Å²) in [5.41, 5.74) is 6.18. The zero-order valence-electron chi connectivity index (χ0n) is 22.9. The summed E-state index contributed by atoms with van der Waals surface area (Å²) in [6.45, 7) is 2.45. The molecule has 2 aliphatic heterocycles. The number of H-pyrrole nitrogens is 1. The summed E-state index contributed by atoms with van der Waals surface area (Å²) in [5, 5.41) is 6.43. The number of hydrogen-bond donors (Lipinski definition) is 2. The Hall–Kier alpha value is -3.49. The van der Waals surface area contributed by atoms with Gasteiger partial charge in [0.05, 0.1) is 13.2 Å². The minimum Gasteiger partial charge on any atom is -0.465 e. The van der Waals surface area contributed by atoms with E-state index < -0.39 is 67.6 Å². The normalized spacial score (nSPS) is 28.0. The number of para-hydroxylation sites is 1. The van der Waals surface area contributed by atoms with Crippen molar-refractivity contribution in [2.45, 2.75) is 75.5 Å². The molecule has 1 unspecified atom stereocenters. The van der Waals surface area contributed by atoms with E-state index in [9.17, 15) is 24.5 Å². The van der Waals surface area contributed by atoms with Gasteiger partial charge in [0, 0.05) is 30.0 Å². The third-order valence-corrected chi connectivity index (χ3v) is 8.77. The Bertz CT molecular complexity index is 1500. The van der Waals surface area contributed by atoms with Gasteiger partial charge in [-0.2, -0.15) is 5.09 Å². The zero-order chi connectivity index (χ0) is 30.0. The number of azide groups is 1. The smallest absolute Gasteiger partial charge is 0.459 e. The molecule has 1 aromatic heterocycles. The third kappa shape index (κ3) is 6.01. The van der Waals surface area contributed by atoms with Crippen LogP contribution in [0.3, 0.4) is 0 Å². The molecule has 5 rings (SSSR count). The van der Waals surface area contributed by atoms with Gasteiger partial charge in [0.1, 0.15) is 24.0 Å². The third-order valence-electron chi connectivity index (χ3n) is 7.15. The number of esters is 1. The molecule has 3 aliphatic rings.